The van der Waals surface area contributed by atoms with Crippen molar-refractivity contribution in [3.05, 3.63) is 24.3 Å². The number of benzene rings is 1. The van der Waals surface area contributed by atoms with Crippen LogP contribution in [0.25, 0.3) is 0 Å². The molecule has 0 saturated carbocycles. The van der Waals surface area contributed by atoms with Crippen LogP contribution < -0.4 is 15.0 Å². The van der Waals surface area contributed by atoms with Gasteiger partial charge >= 0.3 is 0 Å². The molecule has 1 atom stereocenters. The van der Waals surface area contributed by atoms with E-state index >= 15 is 0 Å². The van der Waals surface area contributed by atoms with Gasteiger partial charge in [-0.05, 0) is 26.0 Å². The molecule has 1 saturated heterocycles. The molecule has 1 aliphatic rings. The zero-order valence-electron chi connectivity index (χ0n) is 11.6. The van der Waals surface area contributed by atoms with E-state index in [1.807, 2.05) is 32.0 Å². The zero-order chi connectivity index (χ0) is 13.7. The third kappa shape index (κ3) is 3.39. The Morgan fingerprint density at radius 2 is 2.26 bits per heavy atom. The lowest BCUT2D eigenvalue weighted by molar-refractivity contribution is 0.242. The van der Waals surface area contributed by atoms with Gasteiger partial charge in [0.1, 0.15) is 5.75 Å². The van der Waals surface area contributed by atoms with Crippen molar-refractivity contribution < 1.29 is 4.74 Å². The highest BCUT2D eigenvalue weighted by atomic mass is 16.5. The summed E-state index contributed by atoms with van der Waals surface area (Å²) in [7, 11) is 0. The van der Waals surface area contributed by atoms with Gasteiger partial charge in [0.05, 0.1) is 30.3 Å². The van der Waals surface area contributed by atoms with Gasteiger partial charge in [-0.3, -0.25) is 0 Å². The van der Waals surface area contributed by atoms with Crippen molar-refractivity contribution in [1.29, 1.82) is 5.26 Å². The van der Waals surface area contributed by atoms with Gasteiger partial charge in [0.15, 0.2) is 0 Å². The molecule has 4 nitrogen and oxygen atoms in total. The van der Waals surface area contributed by atoms with E-state index in [2.05, 4.69) is 22.4 Å². The first kappa shape index (κ1) is 13.7. The summed E-state index contributed by atoms with van der Waals surface area (Å²) in [6.45, 7) is 6.76. The first-order chi connectivity index (χ1) is 9.22. The van der Waals surface area contributed by atoms with Crippen LogP contribution in [0.15, 0.2) is 24.3 Å². The SMILES string of the molecule is CC(C)Oc1ccccc1N1CCNCC1CC#N. The fourth-order valence-corrected chi connectivity index (χ4v) is 2.41. The second-order valence-electron chi connectivity index (χ2n) is 5.05. The third-order valence-corrected chi connectivity index (χ3v) is 3.21. The number of nitriles is 1. The standard InChI is InChI=1S/C15H21N3O/c1-12(2)19-15-6-4-3-5-14(15)18-10-9-17-11-13(18)7-8-16/h3-6,12-13,17H,7,9-11H2,1-2H3. The Morgan fingerprint density at radius 3 is 3.00 bits per heavy atom. The lowest BCUT2D eigenvalue weighted by atomic mass is 10.1. The van der Waals surface area contributed by atoms with E-state index in [-0.39, 0.29) is 12.1 Å². The van der Waals surface area contributed by atoms with Crippen molar-refractivity contribution >= 4 is 5.69 Å². The normalized spacial score (nSPS) is 19.3. The van der Waals surface area contributed by atoms with E-state index in [1.165, 1.54) is 0 Å². The summed E-state index contributed by atoms with van der Waals surface area (Å²) in [5.41, 5.74) is 1.10. The summed E-state index contributed by atoms with van der Waals surface area (Å²) in [6, 6.07) is 10.6. The molecule has 0 radical (unpaired) electrons. The smallest absolute Gasteiger partial charge is 0.142 e. The Hall–Kier alpha value is -1.73. The highest BCUT2D eigenvalue weighted by molar-refractivity contribution is 5.59. The lowest BCUT2D eigenvalue weighted by Gasteiger charge is -2.37. The summed E-state index contributed by atoms with van der Waals surface area (Å²) in [6.07, 6.45) is 0.682. The van der Waals surface area contributed by atoms with Gasteiger partial charge in [-0.15, -0.1) is 0 Å². The first-order valence-electron chi connectivity index (χ1n) is 6.82. The molecule has 1 aliphatic heterocycles. The minimum Gasteiger partial charge on any atom is -0.489 e. The summed E-state index contributed by atoms with van der Waals surface area (Å²) in [5, 5.41) is 12.3. The Labute approximate surface area is 115 Å². The maximum absolute atomic E-state index is 8.96. The molecule has 1 aromatic rings. The van der Waals surface area contributed by atoms with E-state index in [0.29, 0.717) is 6.42 Å². The zero-order valence-corrected chi connectivity index (χ0v) is 11.6. The Balaban J connectivity index is 2.25. The monoisotopic (exact) mass is 259 g/mol. The van der Waals surface area contributed by atoms with Crippen molar-refractivity contribution in [2.75, 3.05) is 24.5 Å². The molecule has 0 aliphatic carbocycles. The number of piperazine rings is 1. The van der Waals surface area contributed by atoms with Crippen molar-refractivity contribution in [3.8, 4) is 11.8 Å². The maximum atomic E-state index is 8.96. The molecule has 1 fully saturated rings. The summed E-state index contributed by atoms with van der Waals surface area (Å²) >= 11 is 0. The summed E-state index contributed by atoms with van der Waals surface area (Å²) in [4.78, 5) is 2.29. The fourth-order valence-electron chi connectivity index (χ4n) is 2.41. The molecule has 4 heteroatoms. The van der Waals surface area contributed by atoms with Gasteiger partial charge in [0, 0.05) is 19.6 Å². The highest BCUT2D eigenvalue weighted by Crippen LogP contribution is 2.31. The quantitative estimate of drug-likeness (QED) is 0.900. The van der Waals surface area contributed by atoms with Gasteiger partial charge in [0.25, 0.3) is 0 Å². The van der Waals surface area contributed by atoms with E-state index in [9.17, 15) is 0 Å². The Kier molecular flexibility index (Phi) is 4.64. The van der Waals surface area contributed by atoms with E-state index in [1.54, 1.807) is 0 Å². The first-order valence-corrected chi connectivity index (χ1v) is 6.82. The molecule has 0 aromatic heterocycles. The number of hydrogen-bond donors (Lipinski definition) is 1. The minimum atomic E-state index is 0.151. The van der Waals surface area contributed by atoms with E-state index < -0.39 is 0 Å². The van der Waals surface area contributed by atoms with Gasteiger partial charge in [-0.2, -0.15) is 5.26 Å². The van der Waals surface area contributed by atoms with E-state index in [4.69, 9.17) is 10.00 Å². The Bertz CT molecular complexity index is 453. The van der Waals surface area contributed by atoms with Gasteiger partial charge < -0.3 is 15.0 Å². The largest absolute Gasteiger partial charge is 0.489 e. The van der Waals surface area contributed by atoms with E-state index in [0.717, 1.165) is 31.1 Å². The number of anilines is 1. The summed E-state index contributed by atoms with van der Waals surface area (Å²) in [5.74, 6) is 0.905. The molecule has 1 N–H and O–H groups in total. The topological polar surface area (TPSA) is 48.3 Å². The van der Waals surface area contributed by atoms with Crippen molar-refractivity contribution in [2.45, 2.75) is 32.4 Å². The average molecular weight is 259 g/mol. The Morgan fingerprint density at radius 1 is 1.47 bits per heavy atom. The molecule has 0 bridgehead atoms. The van der Waals surface area contributed by atoms with Crippen LogP contribution in [-0.2, 0) is 0 Å². The lowest BCUT2D eigenvalue weighted by Crippen LogP contribution is -2.51. The van der Waals surface area contributed by atoms with Gasteiger partial charge in [0.2, 0.25) is 0 Å². The van der Waals surface area contributed by atoms with Crippen molar-refractivity contribution in [1.82, 2.24) is 5.32 Å². The van der Waals surface area contributed by atoms with Gasteiger partial charge in [-0.1, -0.05) is 12.1 Å². The molecule has 2 rings (SSSR count). The average Bonchev–Trinajstić information content (AvgIpc) is 2.40. The minimum absolute atomic E-state index is 0.151. The molecule has 0 spiro atoms. The van der Waals surface area contributed by atoms with Crippen LogP contribution in [-0.4, -0.2) is 31.8 Å². The van der Waals surface area contributed by atoms with Crippen LogP contribution >= 0.6 is 0 Å². The number of rotatable bonds is 4. The van der Waals surface area contributed by atoms with Crippen molar-refractivity contribution in [3.63, 3.8) is 0 Å². The van der Waals surface area contributed by atoms with Crippen LogP contribution in [0.2, 0.25) is 0 Å². The van der Waals surface area contributed by atoms with Crippen LogP contribution in [0.3, 0.4) is 0 Å². The van der Waals surface area contributed by atoms with Crippen LogP contribution in [0, 0.1) is 11.3 Å². The maximum Gasteiger partial charge on any atom is 0.142 e. The second kappa shape index (κ2) is 6.44. The molecule has 102 valence electrons. The number of ether oxygens (including phenoxy) is 1. The van der Waals surface area contributed by atoms with Crippen LogP contribution in [0.4, 0.5) is 5.69 Å². The molecular formula is C15H21N3O. The summed E-state index contributed by atoms with van der Waals surface area (Å²) < 4.78 is 5.88. The predicted octanol–water partition coefficient (Wildman–Crippen LogP) is 2.17. The highest BCUT2D eigenvalue weighted by Gasteiger charge is 2.24. The fraction of sp³-hybridized carbons (Fsp3) is 0.533. The molecule has 0 amide bonds. The van der Waals surface area contributed by atoms with Crippen LogP contribution in [0.5, 0.6) is 5.75 Å². The number of para-hydroxylation sites is 2. The number of nitrogens with zero attached hydrogens (tertiary/aromatic N) is 2. The number of hydrogen-bond acceptors (Lipinski definition) is 4. The second-order valence-corrected chi connectivity index (χ2v) is 5.05. The molecular weight excluding hydrogens is 238 g/mol. The van der Waals surface area contributed by atoms with Crippen LogP contribution in [0.1, 0.15) is 20.3 Å². The van der Waals surface area contributed by atoms with Crippen molar-refractivity contribution in [2.24, 2.45) is 0 Å². The molecule has 1 unspecified atom stereocenters. The third-order valence-electron chi connectivity index (χ3n) is 3.21. The van der Waals surface area contributed by atoms with Gasteiger partial charge in [-0.25, -0.2) is 0 Å². The molecule has 1 heterocycles. The molecule has 1 aromatic carbocycles. The molecule has 19 heavy (non-hydrogen) atoms. The number of nitrogens with one attached hydrogen (secondary N) is 1. The predicted molar refractivity (Wildman–Crippen MR) is 76.4 cm³/mol.